The summed E-state index contributed by atoms with van der Waals surface area (Å²) in [5.74, 6) is -5.01. The van der Waals surface area contributed by atoms with Crippen molar-refractivity contribution in [3.8, 4) is 11.5 Å². The second-order valence-electron chi connectivity index (χ2n) is 3.85. The van der Waals surface area contributed by atoms with Crippen LogP contribution in [0, 0.1) is 17.5 Å². The topological polar surface area (TPSA) is 72.6 Å². The van der Waals surface area contributed by atoms with Gasteiger partial charge in [0.2, 0.25) is 0 Å². The van der Waals surface area contributed by atoms with Crippen molar-refractivity contribution >= 4 is 11.7 Å². The van der Waals surface area contributed by atoms with Crippen LogP contribution in [0.2, 0.25) is 0 Å². The van der Waals surface area contributed by atoms with Crippen LogP contribution in [0.5, 0.6) is 11.5 Å². The van der Waals surface area contributed by atoms with E-state index in [1.54, 1.807) is 0 Å². The van der Waals surface area contributed by atoms with Gasteiger partial charge in [-0.25, -0.2) is 18.0 Å². The van der Waals surface area contributed by atoms with Gasteiger partial charge in [0.1, 0.15) is 11.6 Å². The summed E-state index contributed by atoms with van der Waals surface area (Å²) >= 11 is 0. The molecule has 0 bridgehead atoms. The Morgan fingerprint density at radius 1 is 1.05 bits per heavy atom. The molecule has 0 heterocycles. The fourth-order valence-electron chi connectivity index (χ4n) is 1.50. The number of hydrogen-bond acceptors (Lipinski definition) is 3. The molecule has 2 aromatic carbocycles. The van der Waals surface area contributed by atoms with Crippen LogP contribution in [0.25, 0.3) is 0 Å². The molecule has 0 saturated carbocycles. The molecule has 0 aliphatic heterocycles. The normalized spacial score (nSPS) is 10.3. The minimum atomic E-state index is -1.50. The fourth-order valence-corrected chi connectivity index (χ4v) is 1.50. The van der Waals surface area contributed by atoms with E-state index in [9.17, 15) is 18.0 Å². The molecule has 0 aliphatic rings. The lowest BCUT2D eigenvalue weighted by molar-refractivity contribution is 0.0692. The third-order valence-corrected chi connectivity index (χ3v) is 2.44. The summed E-state index contributed by atoms with van der Waals surface area (Å²) in [6.45, 7) is 0. The van der Waals surface area contributed by atoms with Crippen LogP contribution in [0.3, 0.4) is 0 Å². The minimum absolute atomic E-state index is 0.215. The largest absolute Gasteiger partial charge is 0.478 e. The standard InChI is InChI=1S/C13H8F3NO3/c14-6-1-2-8(15)11(3-6)20-12-5-9(16)7(13(18)19)4-10(12)17/h1-5H,17H2,(H,18,19). The van der Waals surface area contributed by atoms with Gasteiger partial charge in [0.05, 0.1) is 11.3 Å². The molecule has 0 atom stereocenters. The molecule has 0 unspecified atom stereocenters. The molecule has 0 saturated heterocycles. The zero-order valence-electron chi connectivity index (χ0n) is 9.86. The summed E-state index contributed by atoms with van der Waals surface area (Å²) < 4.78 is 44.8. The number of hydrogen-bond donors (Lipinski definition) is 2. The molecular weight excluding hydrogens is 275 g/mol. The van der Waals surface area contributed by atoms with E-state index in [1.807, 2.05) is 0 Å². The van der Waals surface area contributed by atoms with Gasteiger partial charge in [-0.1, -0.05) is 0 Å². The summed E-state index contributed by atoms with van der Waals surface area (Å²) in [4.78, 5) is 10.7. The van der Waals surface area contributed by atoms with E-state index >= 15 is 0 Å². The molecule has 0 fully saturated rings. The molecule has 104 valence electrons. The molecule has 7 heteroatoms. The van der Waals surface area contributed by atoms with Gasteiger partial charge >= 0.3 is 5.97 Å². The third-order valence-electron chi connectivity index (χ3n) is 2.44. The number of halogens is 3. The monoisotopic (exact) mass is 283 g/mol. The van der Waals surface area contributed by atoms with Gasteiger partial charge in [-0.15, -0.1) is 0 Å². The zero-order valence-corrected chi connectivity index (χ0v) is 9.86. The first kappa shape index (κ1) is 13.7. The Bertz CT molecular complexity index is 689. The highest BCUT2D eigenvalue weighted by Crippen LogP contribution is 2.31. The first-order chi connectivity index (χ1) is 9.38. The van der Waals surface area contributed by atoms with E-state index in [1.165, 1.54) is 0 Å². The highest BCUT2D eigenvalue weighted by Gasteiger charge is 2.16. The van der Waals surface area contributed by atoms with Crippen LogP contribution in [0.15, 0.2) is 30.3 Å². The lowest BCUT2D eigenvalue weighted by atomic mass is 10.1. The summed E-state index contributed by atoms with van der Waals surface area (Å²) in [7, 11) is 0. The summed E-state index contributed by atoms with van der Waals surface area (Å²) in [5, 5.41) is 8.71. The Hall–Kier alpha value is -2.70. The van der Waals surface area contributed by atoms with Gasteiger partial charge in [-0.2, -0.15) is 0 Å². The quantitative estimate of drug-likeness (QED) is 0.848. The van der Waals surface area contributed by atoms with Crippen molar-refractivity contribution in [2.24, 2.45) is 0 Å². The highest BCUT2D eigenvalue weighted by molar-refractivity contribution is 5.89. The Kier molecular flexibility index (Phi) is 3.51. The van der Waals surface area contributed by atoms with Crippen LogP contribution < -0.4 is 10.5 Å². The van der Waals surface area contributed by atoms with Gasteiger partial charge in [0.25, 0.3) is 0 Å². The maximum Gasteiger partial charge on any atom is 0.338 e. The van der Waals surface area contributed by atoms with E-state index in [2.05, 4.69) is 0 Å². The molecule has 2 rings (SSSR count). The molecule has 4 nitrogen and oxygen atoms in total. The van der Waals surface area contributed by atoms with Gasteiger partial charge in [0.15, 0.2) is 17.3 Å². The van der Waals surface area contributed by atoms with Gasteiger partial charge in [-0.3, -0.25) is 0 Å². The Balaban J connectivity index is 2.42. The third kappa shape index (κ3) is 2.66. The second kappa shape index (κ2) is 5.12. The average molecular weight is 283 g/mol. The van der Waals surface area contributed by atoms with Crippen LogP contribution in [-0.2, 0) is 0 Å². The molecule has 0 amide bonds. The van der Waals surface area contributed by atoms with Gasteiger partial charge in [0, 0.05) is 12.1 Å². The molecule has 2 aromatic rings. The predicted molar refractivity (Wildman–Crippen MR) is 64.2 cm³/mol. The Morgan fingerprint density at radius 3 is 2.40 bits per heavy atom. The highest BCUT2D eigenvalue weighted by atomic mass is 19.1. The van der Waals surface area contributed by atoms with E-state index < -0.39 is 34.7 Å². The van der Waals surface area contributed by atoms with Crippen molar-refractivity contribution in [1.82, 2.24) is 0 Å². The number of nitrogens with two attached hydrogens (primary N) is 1. The summed E-state index contributed by atoms with van der Waals surface area (Å²) in [5.41, 5.74) is 4.63. The molecule has 0 spiro atoms. The summed E-state index contributed by atoms with van der Waals surface area (Å²) in [6, 6.07) is 4.02. The number of carboxylic acid groups (broad SMARTS) is 1. The molecular formula is C13H8F3NO3. The number of anilines is 1. The Labute approximate surface area is 111 Å². The minimum Gasteiger partial charge on any atom is -0.478 e. The lowest BCUT2D eigenvalue weighted by Crippen LogP contribution is -2.04. The molecule has 0 aliphatic carbocycles. The first-order valence-electron chi connectivity index (χ1n) is 5.33. The first-order valence-corrected chi connectivity index (χ1v) is 5.33. The van der Waals surface area contributed by atoms with E-state index in [0.29, 0.717) is 6.07 Å². The van der Waals surface area contributed by atoms with Crippen LogP contribution in [0.1, 0.15) is 10.4 Å². The number of rotatable bonds is 3. The molecule has 0 aromatic heterocycles. The van der Waals surface area contributed by atoms with E-state index in [4.69, 9.17) is 15.6 Å². The van der Waals surface area contributed by atoms with Crippen molar-refractivity contribution in [3.63, 3.8) is 0 Å². The fraction of sp³-hybridized carbons (Fsp3) is 0. The van der Waals surface area contributed by atoms with Crippen molar-refractivity contribution in [2.45, 2.75) is 0 Å². The number of nitrogen functional groups attached to an aromatic ring is 1. The lowest BCUT2D eigenvalue weighted by Gasteiger charge is -2.10. The SMILES string of the molecule is Nc1cc(C(=O)O)c(F)cc1Oc1cc(F)ccc1F. The number of benzene rings is 2. The smallest absolute Gasteiger partial charge is 0.338 e. The van der Waals surface area contributed by atoms with E-state index in [-0.39, 0.29) is 11.4 Å². The molecule has 0 radical (unpaired) electrons. The van der Waals surface area contributed by atoms with Crippen LogP contribution in [0.4, 0.5) is 18.9 Å². The number of ether oxygens (including phenoxy) is 1. The van der Waals surface area contributed by atoms with Crippen molar-refractivity contribution in [3.05, 3.63) is 53.3 Å². The van der Waals surface area contributed by atoms with Crippen molar-refractivity contribution < 1.29 is 27.8 Å². The van der Waals surface area contributed by atoms with Gasteiger partial charge < -0.3 is 15.6 Å². The van der Waals surface area contributed by atoms with Crippen LogP contribution >= 0.6 is 0 Å². The van der Waals surface area contributed by atoms with Crippen molar-refractivity contribution in [1.29, 1.82) is 0 Å². The summed E-state index contributed by atoms with van der Waals surface area (Å²) in [6.07, 6.45) is 0. The number of carbonyl (C=O) groups is 1. The van der Waals surface area contributed by atoms with Crippen LogP contribution in [-0.4, -0.2) is 11.1 Å². The average Bonchev–Trinajstić information content (AvgIpc) is 2.37. The second-order valence-corrected chi connectivity index (χ2v) is 3.85. The molecule has 3 N–H and O–H groups in total. The predicted octanol–water partition coefficient (Wildman–Crippen LogP) is 3.18. The Morgan fingerprint density at radius 2 is 1.75 bits per heavy atom. The number of carboxylic acids is 1. The maximum absolute atomic E-state index is 13.5. The zero-order chi connectivity index (χ0) is 14.9. The van der Waals surface area contributed by atoms with Gasteiger partial charge in [-0.05, 0) is 18.2 Å². The van der Waals surface area contributed by atoms with Crippen molar-refractivity contribution in [2.75, 3.05) is 5.73 Å². The molecule has 20 heavy (non-hydrogen) atoms. The maximum atomic E-state index is 13.5. The van der Waals surface area contributed by atoms with E-state index in [0.717, 1.165) is 24.3 Å². The number of aromatic carboxylic acids is 1.